The predicted molar refractivity (Wildman–Crippen MR) is 78.6 cm³/mol. The van der Waals surface area contributed by atoms with Crippen LogP contribution in [0.4, 0.5) is 0 Å². The summed E-state index contributed by atoms with van der Waals surface area (Å²) < 4.78 is 16.5. The largest absolute Gasteiger partial charge is 0.497 e. The molecule has 2 aromatic carbocycles. The van der Waals surface area contributed by atoms with Crippen molar-refractivity contribution in [2.24, 2.45) is 0 Å². The minimum Gasteiger partial charge on any atom is -0.497 e. The molecule has 0 saturated heterocycles. The van der Waals surface area contributed by atoms with Gasteiger partial charge in [-0.3, -0.25) is 0 Å². The van der Waals surface area contributed by atoms with Gasteiger partial charge in [-0.2, -0.15) is 0 Å². The summed E-state index contributed by atoms with van der Waals surface area (Å²) in [4.78, 5) is 0. The molecule has 1 heterocycles. The van der Waals surface area contributed by atoms with E-state index in [-0.39, 0.29) is 0 Å². The number of methoxy groups -OCH3 is 1. The molecular formula is C16H13ClO3. The number of hydrogen-bond donors (Lipinski definition) is 0. The lowest BCUT2D eigenvalue weighted by molar-refractivity contribution is 0.273. The zero-order valence-corrected chi connectivity index (χ0v) is 11.7. The number of benzene rings is 2. The highest BCUT2D eigenvalue weighted by atomic mass is 35.5. The Kier molecular flexibility index (Phi) is 3.52. The maximum absolute atomic E-state index is 5.95. The lowest BCUT2D eigenvalue weighted by atomic mass is 10.2. The summed E-state index contributed by atoms with van der Waals surface area (Å²) >= 11 is 5.95. The normalized spacial score (nSPS) is 10.7. The van der Waals surface area contributed by atoms with Crippen molar-refractivity contribution in [2.45, 2.75) is 6.61 Å². The minimum atomic E-state index is 0.361. The highest BCUT2D eigenvalue weighted by Crippen LogP contribution is 2.25. The Morgan fingerprint density at radius 1 is 1.05 bits per heavy atom. The Bertz CT molecular complexity index is 733. The van der Waals surface area contributed by atoms with Crippen LogP contribution in [0.25, 0.3) is 11.0 Å². The molecule has 0 atom stereocenters. The van der Waals surface area contributed by atoms with Crippen LogP contribution >= 0.6 is 11.6 Å². The summed E-state index contributed by atoms with van der Waals surface area (Å²) in [6.45, 7) is 0.361. The van der Waals surface area contributed by atoms with E-state index >= 15 is 0 Å². The van der Waals surface area contributed by atoms with Crippen molar-refractivity contribution in [3.05, 3.63) is 59.3 Å². The van der Waals surface area contributed by atoms with E-state index in [1.54, 1.807) is 13.2 Å². The Balaban J connectivity index is 1.76. The molecule has 0 spiro atoms. The van der Waals surface area contributed by atoms with Crippen molar-refractivity contribution >= 4 is 22.6 Å². The van der Waals surface area contributed by atoms with Crippen molar-refractivity contribution < 1.29 is 13.9 Å². The molecule has 102 valence electrons. The van der Waals surface area contributed by atoms with Crippen LogP contribution in [0.1, 0.15) is 5.76 Å². The molecule has 3 rings (SSSR count). The van der Waals surface area contributed by atoms with Crippen LogP contribution < -0.4 is 9.47 Å². The average Bonchev–Trinajstić information content (AvgIpc) is 2.87. The molecule has 3 aromatic rings. The average molecular weight is 289 g/mol. The zero-order chi connectivity index (χ0) is 13.9. The number of rotatable bonds is 4. The SMILES string of the molecule is COc1cccc(OCc2cc3cc(Cl)ccc3o2)c1. The second kappa shape index (κ2) is 5.47. The van der Waals surface area contributed by atoms with Crippen LogP contribution in [-0.2, 0) is 6.61 Å². The molecule has 0 aliphatic carbocycles. The van der Waals surface area contributed by atoms with Gasteiger partial charge >= 0.3 is 0 Å². The molecular weight excluding hydrogens is 276 g/mol. The monoisotopic (exact) mass is 288 g/mol. The molecule has 0 bridgehead atoms. The highest BCUT2D eigenvalue weighted by Gasteiger charge is 2.05. The van der Waals surface area contributed by atoms with E-state index in [2.05, 4.69) is 0 Å². The number of hydrogen-bond acceptors (Lipinski definition) is 3. The van der Waals surface area contributed by atoms with Gasteiger partial charge in [0.25, 0.3) is 0 Å². The Morgan fingerprint density at radius 2 is 1.90 bits per heavy atom. The van der Waals surface area contributed by atoms with E-state index in [1.165, 1.54) is 0 Å². The van der Waals surface area contributed by atoms with Crippen LogP contribution in [0.5, 0.6) is 11.5 Å². The van der Waals surface area contributed by atoms with Gasteiger partial charge in [0, 0.05) is 16.5 Å². The molecule has 0 N–H and O–H groups in total. The van der Waals surface area contributed by atoms with Gasteiger partial charge < -0.3 is 13.9 Å². The molecule has 0 amide bonds. The molecule has 1 aromatic heterocycles. The molecule has 0 aliphatic rings. The number of halogens is 1. The quantitative estimate of drug-likeness (QED) is 0.699. The van der Waals surface area contributed by atoms with Crippen molar-refractivity contribution in [3.63, 3.8) is 0 Å². The van der Waals surface area contributed by atoms with Gasteiger partial charge in [0.1, 0.15) is 29.4 Å². The molecule has 0 fully saturated rings. The van der Waals surface area contributed by atoms with Crippen molar-refractivity contribution in [2.75, 3.05) is 7.11 Å². The van der Waals surface area contributed by atoms with Crippen LogP contribution in [0.15, 0.2) is 52.9 Å². The first kappa shape index (κ1) is 12.9. The van der Waals surface area contributed by atoms with E-state index in [4.69, 9.17) is 25.5 Å². The van der Waals surface area contributed by atoms with Gasteiger partial charge in [-0.05, 0) is 36.4 Å². The van der Waals surface area contributed by atoms with E-state index in [0.29, 0.717) is 11.6 Å². The molecule has 0 unspecified atom stereocenters. The summed E-state index contributed by atoms with van der Waals surface area (Å²) in [5.74, 6) is 2.26. The Morgan fingerprint density at radius 3 is 2.75 bits per heavy atom. The van der Waals surface area contributed by atoms with Crippen molar-refractivity contribution in [1.29, 1.82) is 0 Å². The Labute approximate surface area is 121 Å². The van der Waals surface area contributed by atoms with Crippen LogP contribution in [-0.4, -0.2) is 7.11 Å². The summed E-state index contributed by atoms with van der Waals surface area (Å²) in [5.41, 5.74) is 0.804. The third-order valence-electron chi connectivity index (χ3n) is 2.95. The van der Waals surface area contributed by atoms with E-state index in [1.807, 2.05) is 42.5 Å². The van der Waals surface area contributed by atoms with Crippen LogP contribution in [0.3, 0.4) is 0 Å². The van der Waals surface area contributed by atoms with E-state index in [9.17, 15) is 0 Å². The predicted octanol–water partition coefficient (Wildman–Crippen LogP) is 4.67. The van der Waals surface area contributed by atoms with Gasteiger partial charge in [-0.1, -0.05) is 17.7 Å². The van der Waals surface area contributed by atoms with Crippen LogP contribution in [0, 0.1) is 0 Å². The first-order valence-electron chi connectivity index (χ1n) is 6.19. The second-order valence-electron chi connectivity index (χ2n) is 4.36. The van der Waals surface area contributed by atoms with Crippen molar-refractivity contribution in [1.82, 2.24) is 0 Å². The summed E-state index contributed by atoms with van der Waals surface area (Å²) in [5, 5.41) is 1.67. The smallest absolute Gasteiger partial charge is 0.146 e. The van der Waals surface area contributed by atoms with E-state index < -0.39 is 0 Å². The maximum Gasteiger partial charge on any atom is 0.146 e. The first-order valence-corrected chi connectivity index (χ1v) is 6.57. The molecule has 0 aliphatic heterocycles. The summed E-state index contributed by atoms with van der Waals surface area (Å²) in [6.07, 6.45) is 0. The molecule has 20 heavy (non-hydrogen) atoms. The standard InChI is InChI=1S/C16H13ClO3/c1-18-13-3-2-4-14(9-13)19-10-15-8-11-7-12(17)5-6-16(11)20-15/h2-9H,10H2,1H3. The van der Waals surface area contributed by atoms with Gasteiger partial charge in [0.2, 0.25) is 0 Å². The van der Waals surface area contributed by atoms with E-state index in [0.717, 1.165) is 28.2 Å². The van der Waals surface area contributed by atoms with Crippen molar-refractivity contribution in [3.8, 4) is 11.5 Å². The highest BCUT2D eigenvalue weighted by molar-refractivity contribution is 6.31. The summed E-state index contributed by atoms with van der Waals surface area (Å²) in [7, 11) is 1.63. The number of fused-ring (bicyclic) bond motifs is 1. The molecule has 0 radical (unpaired) electrons. The maximum atomic E-state index is 5.95. The second-order valence-corrected chi connectivity index (χ2v) is 4.80. The van der Waals surface area contributed by atoms with Gasteiger partial charge in [-0.15, -0.1) is 0 Å². The minimum absolute atomic E-state index is 0.361. The Hall–Kier alpha value is -2.13. The van der Waals surface area contributed by atoms with Gasteiger partial charge in [0.05, 0.1) is 7.11 Å². The zero-order valence-electron chi connectivity index (χ0n) is 10.9. The number of ether oxygens (including phenoxy) is 2. The summed E-state index contributed by atoms with van der Waals surface area (Å²) in [6, 6.07) is 14.9. The fraction of sp³-hybridized carbons (Fsp3) is 0.125. The van der Waals surface area contributed by atoms with Gasteiger partial charge in [0.15, 0.2) is 0 Å². The van der Waals surface area contributed by atoms with Crippen LogP contribution in [0.2, 0.25) is 5.02 Å². The first-order chi connectivity index (χ1) is 9.74. The lowest BCUT2D eigenvalue weighted by Crippen LogP contribution is -1.93. The third-order valence-corrected chi connectivity index (χ3v) is 3.19. The number of furan rings is 1. The fourth-order valence-corrected chi connectivity index (χ4v) is 2.17. The molecule has 0 saturated carbocycles. The topological polar surface area (TPSA) is 31.6 Å². The molecule has 4 heteroatoms. The third kappa shape index (κ3) is 2.73. The van der Waals surface area contributed by atoms with Gasteiger partial charge in [-0.25, -0.2) is 0 Å². The molecule has 3 nitrogen and oxygen atoms in total. The fourth-order valence-electron chi connectivity index (χ4n) is 1.99. The lowest BCUT2D eigenvalue weighted by Gasteiger charge is -2.05.